The molecule has 0 bridgehead atoms. The molecule has 8 heteroatoms. The average molecular weight is 365 g/mol. The van der Waals surface area contributed by atoms with E-state index in [0.29, 0.717) is 17.9 Å². The van der Waals surface area contributed by atoms with Gasteiger partial charge in [-0.3, -0.25) is 4.79 Å². The van der Waals surface area contributed by atoms with Gasteiger partial charge in [-0.2, -0.15) is 13.2 Å². The highest BCUT2D eigenvalue weighted by Gasteiger charge is 2.45. The van der Waals surface area contributed by atoms with E-state index in [1.54, 1.807) is 12.1 Å². The predicted octanol–water partition coefficient (Wildman–Crippen LogP) is 3.97. The summed E-state index contributed by atoms with van der Waals surface area (Å²) in [7, 11) is 0. The Morgan fingerprint density at radius 2 is 1.88 bits per heavy atom. The van der Waals surface area contributed by atoms with Crippen LogP contribution in [0.15, 0.2) is 42.5 Å². The first-order chi connectivity index (χ1) is 12.4. The van der Waals surface area contributed by atoms with Gasteiger partial charge in [0, 0.05) is 12.0 Å². The number of hydrogen-bond donors (Lipinski definition) is 1. The van der Waals surface area contributed by atoms with Gasteiger partial charge in [0.1, 0.15) is 0 Å². The standard InChI is InChI=1S/C18H18F3N3O2/c19-18(20,21)15-9-6-13(26-15)7-11-17(25)22-16-10-8-14(23-24-16)12-4-2-1-3-5-12/h1-5,8,10,13,15H,6-7,9,11H2,(H,22,24,25)/t13-,15+/m1/s1. The van der Waals surface area contributed by atoms with Gasteiger partial charge in [-0.1, -0.05) is 30.3 Å². The molecule has 2 aromatic rings. The minimum atomic E-state index is -4.34. The first kappa shape index (κ1) is 18.3. The number of anilines is 1. The molecule has 3 rings (SSSR count). The number of carbonyl (C=O) groups excluding carboxylic acids is 1. The molecule has 138 valence electrons. The Morgan fingerprint density at radius 3 is 2.50 bits per heavy atom. The van der Waals surface area contributed by atoms with E-state index in [1.165, 1.54) is 0 Å². The third-order valence-electron chi connectivity index (χ3n) is 4.17. The molecule has 1 N–H and O–H groups in total. The van der Waals surface area contributed by atoms with E-state index < -0.39 is 18.4 Å². The van der Waals surface area contributed by atoms with E-state index >= 15 is 0 Å². The number of halogens is 3. The van der Waals surface area contributed by atoms with Gasteiger partial charge in [0.15, 0.2) is 11.9 Å². The Kier molecular flexibility index (Phi) is 5.51. The zero-order chi connectivity index (χ0) is 18.6. The molecule has 1 amide bonds. The van der Waals surface area contributed by atoms with Crippen molar-refractivity contribution in [2.75, 3.05) is 5.32 Å². The third kappa shape index (κ3) is 4.78. The van der Waals surface area contributed by atoms with Gasteiger partial charge in [0.2, 0.25) is 5.91 Å². The fourth-order valence-electron chi connectivity index (χ4n) is 2.82. The highest BCUT2D eigenvalue weighted by Crippen LogP contribution is 2.34. The molecule has 0 spiro atoms. The molecule has 0 saturated carbocycles. The molecule has 1 aliphatic rings. The second kappa shape index (κ2) is 7.82. The number of aromatic nitrogens is 2. The molecule has 0 aliphatic carbocycles. The molecule has 1 saturated heterocycles. The van der Waals surface area contributed by atoms with Gasteiger partial charge < -0.3 is 10.1 Å². The van der Waals surface area contributed by atoms with Crippen LogP contribution in [-0.4, -0.2) is 34.5 Å². The van der Waals surface area contributed by atoms with E-state index in [1.807, 2.05) is 30.3 Å². The van der Waals surface area contributed by atoms with Gasteiger partial charge in [-0.15, -0.1) is 10.2 Å². The number of amides is 1. The molecule has 0 unspecified atom stereocenters. The van der Waals surface area contributed by atoms with Crippen molar-refractivity contribution in [2.24, 2.45) is 0 Å². The average Bonchev–Trinajstić information content (AvgIpc) is 3.11. The second-order valence-corrected chi connectivity index (χ2v) is 6.12. The lowest BCUT2D eigenvalue weighted by atomic mass is 10.1. The van der Waals surface area contributed by atoms with Gasteiger partial charge in [-0.05, 0) is 31.4 Å². The summed E-state index contributed by atoms with van der Waals surface area (Å²) < 4.78 is 42.6. The Labute approximate surface area is 148 Å². The van der Waals surface area contributed by atoms with Crippen molar-refractivity contribution in [3.63, 3.8) is 0 Å². The molecule has 1 aromatic carbocycles. The van der Waals surface area contributed by atoms with Crippen LogP contribution < -0.4 is 5.32 Å². The van der Waals surface area contributed by atoms with Crippen LogP contribution in [0.2, 0.25) is 0 Å². The van der Waals surface area contributed by atoms with Crippen molar-refractivity contribution >= 4 is 11.7 Å². The maximum absolute atomic E-state index is 12.6. The predicted molar refractivity (Wildman–Crippen MR) is 89.3 cm³/mol. The largest absolute Gasteiger partial charge is 0.414 e. The van der Waals surface area contributed by atoms with E-state index in [4.69, 9.17) is 4.74 Å². The summed E-state index contributed by atoms with van der Waals surface area (Å²) in [6, 6.07) is 12.9. The van der Waals surface area contributed by atoms with Crippen LogP contribution in [0, 0.1) is 0 Å². The zero-order valence-electron chi connectivity index (χ0n) is 13.9. The second-order valence-electron chi connectivity index (χ2n) is 6.12. The summed E-state index contributed by atoms with van der Waals surface area (Å²) in [6.07, 6.45) is -6.03. The summed E-state index contributed by atoms with van der Waals surface area (Å²) in [5.74, 6) is -0.0268. The molecule has 1 fully saturated rings. The lowest BCUT2D eigenvalue weighted by Gasteiger charge is -2.16. The molecule has 1 aliphatic heterocycles. The molecular weight excluding hydrogens is 347 g/mol. The number of benzene rings is 1. The Balaban J connectivity index is 1.47. The molecule has 2 atom stereocenters. The van der Waals surface area contributed by atoms with Gasteiger partial charge >= 0.3 is 6.18 Å². The van der Waals surface area contributed by atoms with Crippen LogP contribution in [0.3, 0.4) is 0 Å². The van der Waals surface area contributed by atoms with Crippen molar-refractivity contribution in [3.8, 4) is 11.3 Å². The van der Waals surface area contributed by atoms with E-state index in [2.05, 4.69) is 15.5 Å². The summed E-state index contributed by atoms with van der Waals surface area (Å²) in [6.45, 7) is 0. The summed E-state index contributed by atoms with van der Waals surface area (Å²) in [5.41, 5.74) is 1.59. The molecule has 5 nitrogen and oxygen atoms in total. The first-order valence-corrected chi connectivity index (χ1v) is 8.33. The lowest BCUT2D eigenvalue weighted by molar-refractivity contribution is -0.215. The van der Waals surface area contributed by atoms with Crippen molar-refractivity contribution < 1.29 is 22.7 Å². The zero-order valence-corrected chi connectivity index (χ0v) is 13.9. The van der Waals surface area contributed by atoms with E-state index in [9.17, 15) is 18.0 Å². The number of hydrogen-bond acceptors (Lipinski definition) is 4. The van der Waals surface area contributed by atoms with Crippen molar-refractivity contribution in [1.82, 2.24) is 10.2 Å². The minimum Gasteiger partial charge on any atom is -0.366 e. The number of nitrogens with zero attached hydrogens (tertiary/aromatic N) is 2. The van der Waals surface area contributed by atoms with Gasteiger partial charge in [0.25, 0.3) is 0 Å². The highest BCUT2D eigenvalue weighted by molar-refractivity contribution is 5.89. The first-order valence-electron chi connectivity index (χ1n) is 8.33. The van der Waals surface area contributed by atoms with Crippen LogP contribution >= 0.6 is 0 Å². The van der Waals surface area contributed by atoms with E-state index in [-0.39, 0.29) is 25.2 Å². The number of alkyl halides is 3. The minimum absolute atomic E-state index is 0.0534. The molecule has 1 aromatic heterocycles. The van der Waals surface area contributed by atoms with E-state index in [0.717, 1.165) is 5.56 Å². The van der Waals surface area contributed by atoms with Crippen LogP contribution in [0.1, 0.15) is 25.7 Å². The maximum atomic E-state index is 12.6. The Hall–Kier alpha value is -2.48. The van der Waals surface area contributed by atoms with Crippen LogP contribution in [-0.2, 0) is 9.53 Å². The monoisotopic (exact) mass is 365 g/mol. The SMILES string of the molecule is O=C(CC[C@H]1CC[C@@H](C(F)(F)F)O1)Nc1ccc(-c2ccccc2)nn1. The van der Waals surface area contributed by atoms with Gasteiger partial charge in [-0.25, -0.2) is 0 Å². The number of carbonyl (C=O) groups is 1. The molecule has 0 radical (unpaired) electrons. The Bertz CT molecular complexity index is 736. The van der Waals surface area contributed by atoms with Crippen molar-refractivity contribution in [3.05, 3.63) is 42.5 Å². The summed E-state index contributed by atoms with van der Waals surface area (Å²) >= 11 is 0. The van der Waals surface area contributed by atoms with Crippen LogP contribution in [0.5, 0.6) is 0 Å². The molecule has 26 heavy (non-hydrogen) atoms. The number of ether oxygens (including phenoxy) is 1. The normalized spacial score (nSPS) is 20.1. The smallest absolute Gasteiger partial charge is 0.366 e. The Morgan fingerprint density at radius 1 is 1.12 bits per heavy atom. The summed E-state index contributed by atoms with van der Waals surface area (Å²) in [4.78, 5) is 11.9. The molecule has 2 heterocycles. The van der Waals surface area contributed by atoms with Crippen molar-refractivity contribution in [2.45, 2.75) is 44.1 Å². The maximum Gasteiger partial charge on any atom is 0.414 e. The summed E-state index contributed by atoms with van der Waals surface area (Å²) in [5, 5.41) is 10.6. The fourth-order valence-corrected chi connectivity index (χ4v) is 2.82. The topological polar surface area (TPSA) is 64.1 Å². The number of nitrogens with one attached hydrogen (secondary N) is 1. The van der Waals surface area contributed by atoms with Crippen LogP contribution in [0.4, 0.5) is 19.0 Å². The quantitative estimate of drug-likeness (QED) is 0.871. The van der Waals surface area contributed by atoms with Gasteiger partial charge in [0.05, 0.1) is 11.8 Å². The lowest BCUT2D eigenvalue weighted by Crippen LogP contribution is -2.29. The number of rotatable bonds is 5. The van der Waals surface area contributed by atoms with Crippen LogP contribution in [0.25, 0.3) is 11.3 Å². The third-order valence-corrected chi connectivity index (χ3v) is 4.17. The molecular formula is C18H18F3N3O2. The highest BCUT2D eigenvalue weighted by atomic mass is 19.4. The van der Waals surface area contributed by atoms with Crippen molar-refractivity contribution in [1.29, 1.82) is 0 Å². The fraction of sp³-hybridized carbons (Fsp3) is 0.389.